The van der Waals surface area contributed by atoms with Crippen molar-refractivity contribution in [3.05, 3.63) is 17.0 Å². The molecule has 0 spiro atoms. The number of methoxy groups -OCH3 is 1. The summed E-state index contributed by atoms with van der Waals surface area (Å²) in [6.07, 6.45) is 3.45. The van der Waals surface area contributed by atoms with Crippen LogP contribution in [0.5, 0.6) is 0 Å². The number of aryl methyl sites for hydroxylation is 2. The Kier molecular flexibility index (Phi) is 8.49. The lowest BCUT2D eigenvalue weighted by Gasteiger charge is -2.06. The van der Waals surface area contributed by atoms with Crippen molar-refractivity contribution in [1.29, 1.82) is 0 Å². The van der Waals surface area contributed by atoms with Gasteiger partial charge in [0.15, 0.2) is 0 Å². The van der Waals surface area contributed by atoms with Gasteiger partial charge in [-0.2, -0.15) is 5.10 Å². The van der Waals surface area contributed by atoms with Gasteiger partial charge >= 0.3 is 0 Å². The molecular formula is C15H30N4O. The zero-order chi connectivity index (χ0) is 14.8. The Labute approximate surface area is 123 Å². The Hall–Kier alpha value is -0.910. The molecule has 0 atom stereocenters. The van der Waals surface area contributed by atoms with Gasteiger partial charge in [0.1, 0.15) is 0 Å². The molecule has 2 N–H and O–H groups in total. The Morgan fingerprint density at radius 3 is 2.30 bits per heavy atom. The first kappa shape index (κ1) is 17.1. The molecular weight excluding hydrogens is 252 g/mol. The molecule has 0 aromatic carbocycles. The van der Waals surface area contributed by atoms with Gasteiger partial charge in [0, 0.05) is 26.4 Å². The molecule has 0 amide bonds. The smallest absolute Gasteiger partial charge is 0.0628 e. The van der Waals surface area contributed by atoms with Gasteiger partial charge in [0.2, 0.25) is 0 Å². The molecule has 0 aliphatic heterocycles. The minimum Gasteiger partial charge on any atom is -0.383 e. The number of nitrogens with zero attached hydrogens (tertiary/aromatic N) is 2. The van der Waals surface area contributed by atoms with E-state index in [9.17, 15) is 0 Å². The van der Waals surface area contributed by atoms with Gasteiger partial charge in [-0.3, -0.25) is 4.68 Å². The predicted octanol–water partition coefficient (Wildman–Crippen LogP) is 1.19. The minimum absolute atomic E-state index is 0.789. The second-order valence-electron chi connectivity index (χ2n) is 5.22. The molecule has 5 nitrogen and oxygen atoms in total. The molecule has 0 fully saturated rings. The maximum absolute atomic E-state index is 4.98. The highest BCUT2D eigenvalue weighted by atomic mass is 16.5. The molecule has 0 unspecified atom stereocenters. The lowest BCUT2D eigenvalue weighted by Crippen LogP contribution is -2.25. The fraction of sp³-hybridized carbons (Fsp3) is 0.800. The van der Waals surface area contributed by atoms with Crippen molar-refractivity contribution >= 4 is 0 Å². The molecule has 5 heteroatoms. The van der Waals surface area contributed by atoms with Crippen molar-refractivity contribution in [1.82, 2.24) is 20.4 Å². The van der Waals surface area contributed by atoms with E-state index in [0.29, 0.717) is 0 Å². The summed E-state index contributed by atoms with van der Waals surface area (Å²) in [5.41, 5.74) is 3.88. The van der Waals surface area contributed by atoms with E-state index >= 15 is 0 Å². The van der Waals surface area contributed by atoms with Crippen LogP contribution < -0.4 is 10.6 Å². The summed E-state index contributed by atoms with van der Waals surface area (Å²) in [7, 11) is 3.75. The molecule has 1 heterocycles. The minimum atomic E-state index is 0.789. The van der Waals surface area contributed by atoms with E-state index in [1.54, 1.807) is 7.11 Å². The molecule has 0 saturated carbocycles. The van der Waals surface area contributed by atoms with E-state index in [0.717, 1.165) is 45.6 Å². The highest BCUT2D eigenvalue weighted by molar-refractivity contribution is 5.24. The average molecular weight is 282 g/mol. The normalized spacial score (nSPS) is 11.2. The maximum Gasteiger partial charge on any atom is 0.0628 e. The first-order valence-corrected chi connectivity index (χ1v) is 7.56. The standard InChI is InChI=1S/C15H30N4O/c1-13-15(14(2)19(3)18-13)7-5-8-16-9-6-10-17-11-12-20-4/h16-17H,5-12H2,1-4H3. The third kappa shape index (κ3) is 6.03. The zero-order valence-corrected chi connectivity index (χ0v) is 13.5. The lowest BCUT2D eigenvalue weighted by molar-refractivity contribution is 0.199. The van der Waals surface area contributed by atoms with Crippen LogP contribution in [0.4, 0.5) is 0 Å². The predicted molar refractivity (Wildman–Crippen MR) is 83.2 cm³/mol. The first-order chi connectivity index (χ1) is 9.66. The third-order valence-corrected chi connectivity index (χ3v) is 3.63. The average Bonchev–Trinajstić information content (AvgIpc) is 2.67. The summed E-state index contributed by atoms with van der Waals surface area (Å²) in [4.78, 5) is 0. The van der Waals surface area contributed by atoms with E-state index in [4.69, 9.17) is 4.74 Å². The van der Waals surface area contributed by atoms with Gasteiger partial charge in [-0.25, -0.2) is 0 Å². The molecule has 1 rings (SSSR count). The molecule has 0 aliphatic rings. The van der Waals surface area contributed by atoms with Crippen molar-refractivity contribution in [3.63, 3.8) is 0 Å². The van der Waals surface area contributed by atoms with Crippen molar-refractivity contribution in [2.24, 2.45) is 7.05 Å². The van der Waals surface area contributed by atoms with Crippen LogP contribution in [0, 0.1) is 13.8 Å². The van der Waals surface area contributed by atoms with Gasteiger partial charge in [-0.05, 0) is 58.3 Å². The van der Waals surface area contributed by atoms with Gasteiger partial charge < -0.3 is 15.4 Å². The summed E-state index contributed by atoms with van der Waals surface area (Å²) in [5, 5.41) is 11.3. The number of rotatable bonds is 11. The van der Waals surface area contributed by atoms with Crippen LogP contribution in [0.15, 0.2) is 0 Å². The van der Waals surface area contributed by atoms with Crippen molar-refractivity contribution in [2.75, 3.05) is 39.9 Å². The van der Waals surface area contributed by atoms with Crippen LogP contribution in [0.2, 0.25) is 0 Å². The van der Waals surface area contributed by atoms with E-state index in [2.05, 4.69) is 29.6 Å². The number of aromatic nitrogens is 2. The molecule has 0 aliphatic carbocycles. The summed E-state index contributed by atoms with van der Waals surface area (Å²) >= 11 is 0. The molecule has 1 aromatic heterocycles. The Morgan fingerprint density at radius 1 is 1.05 bits per heavy atom. The molecule has 0 bridgehead atoms. The van der Waals surface area contributed by atoms with E-state index in [1.165, 1.54) is 23.4 Å². The van der Waals surface area contributed by atoms with Crippen molar-refractivity contribution < 1.29 is 4.74 Å². The van der Waals surface area contributed by atoms with Crippen LogP contribution in [0.25, 0.3) is 0 Å². The van der Waals surface area contributed by atoms with Crippen LogP contribution in [-0.2, 0) is 18.2 Å². The van der Waals surface area contributed by atoms with Crippen molar-refractivity contribution in [3.8, 4) is 0 Å². The highest BCUT2D eigenvalue weighted by Crippen LogP contribution is 2.13. The SMILES string of the molecule is COCCNCCCNCCCc1c(C)nn(C)c1C. The first-order valence-electron chi connectivity index (χ1n) is 7.56. The zero-order valence-electron chi connectivity index (χ0n) is 13.5. The van der Waals surface area contributed by atoms with Crippen LogP contribution in [0.3, 0.4) is 0 Å². The monoisotopic (exact) mass is 282 g/mol. The molecule has 116 valence electrons. The van der Waals surface area contributed by atoms with Crippen LogP contribution in [-0.4, -0.2) is 49.7 Å². The number of hydrogen-bond donors (Lipinski definition) is 2. The van der Waals surface area contributed by atoms with Gasteiger partial charge in [0.05, 0.1) is 12.3 Å². The Bertz CT molecular complexity index is 376. The molecule has 0 radical (unpaired) electrons. The summed E-state index contributed by atoms with van der Waals surface area (Å²) < 4.78 is 6.96. The third-order valence-electron chi connectivity index (χ3n) is 3.63. The second kappa shape index (κ2) is 9.91. The summed E-state index contributed by atoms with van der Waals surface area (Å²) in [6, 6.07) is 0. The van der Waals surface area contributed by atoms with E-state index in [-0.39, 0.29) is 0 Å². The molecule has 1 aromatic rings. The van der Waals surface area contributed by atoms with Gasteiger partial charge in [0.25, 0.3) is 0 Å². The molecule has 20 heavy (non-hydrogen) atoms. The summed E-state index contributed by atoms with van der Waals surface area (Å²) in [5.74, 6) is 0. The Morgan fingerprint density at radius 2 is 1.70 bits per heavy atom. The quantitative estimate of drug-likeness (QED) is 0.599. The second-order valence-corrected chi connectivity index (χ2v) is 5.22. The van der Waals surface area contributed by atoms with E-state index < -0.39 is 0 Å². The van der Waals surface area contributed by atoms with E-state index in [1.807, 2.05) is 11.7 Å². The lowest BCUT2D eigenvalue weighted by atomic mass is 10.1. The molecule has 0 saturated heterocycles. The fourth-order valence-electron chi connectivity index (χ4n) is 2.33. The highest BCUT2D eigenvalue weighted by Gasteiger charge is 2.08. The largest absolute Gasteiger partial charge is 0.383 e. The number of nitrogens with one attached hydrogen (secondary N) is 2. The Balaban J connectivity index is 2.00. The topological polar surface area (TPSA) is 51.1 Å². The van der Waals surface area contributed by atoms with Crippen LogP contribution >= 0.6 is 0 Å². The fourth-order valence-corrected chi connectivity index (χ4v) is 2.33. The number of hydrogen-bond acceptors (Lipinski definition) is 4. The van der Waals surface area contributed by atoms with Gasteiger partial charge in [-0.1, -0.05) is 0 Å². The van der Waals surface area contributed by atoms with Crippen LogP contribution in [0.1, 0.15) is 29.8 Å². The summed E-state index contributed by atoms with van der Waals surface area (Å²) in [6.45, 7) is 9.18. The number of ether oxygens (including phenoxy) is 1. The van der Waals surface area contributed by atoms with Gasteiger partial charge in [-0.15, -0.1) is 0 Å². The van der Waals surface area contributed by atoms with Crippen molar-refractivity contribution in [2.45, 2.75) is 33.1 Å². The maximum atomic E-state index is 4.98.